The number of hydrogen-bond donors (Lipinski definition) is 0. The molecular weight excluding hydrogens is 416 g/mol. The minimum atomic E-state index is -0.369. The van der Waals surface area contributed by atoms with E-state index in [2.05, 4.69) is 4.98 Å². The number of nitrogens with zero attached hydrogens (tertiary/aromatic N) is 1. The van der Waals surface area contributed by atoms with E-state index in [9.17, 15) is 9.18 Å². The predicted molar refractivity (Wildman–Crippen MR) is 112 cm³/mol. The largest absolute Gasteiger partial charge is 0.459 e. The van der Waals surface area contributed by atoms with Gasteiger partial charge in [-0.25, -0.2) is 9.37 Å². The molecule has 2 atom stereocenters. The molecule has 29 heavy (non-hydrogen) atoms. The van der Waals surface area contributed by atoms with Crippen molar-refractivity contribution in [1.29, 1.82) is 0 Å². The molecule has 2 rings (SSSR count). The lowest BCUT2D eigenvalue weighted by molar-refractivity contribution is -0.153. The lowest BCUT2D eigenvalue weighted by Gasteiger charge is -2.25. The second-order valence-corrected chi connectivity index (χ2v) is 7.94. The number of esters is 1. The van der Waals surface area contributed by atoms with Crippen LogP contribution in [0.4, 0.5) is 4.39 Å². The third-order valence-corrected chi connectivity index (χ3v) is 4.69. The first-order chi connectivity index (χ1) is 13.8. The molecule has 4 nitrogen and oxygen atoms in total. The monoisotopic (exact) mass is 439 g/mol. The Hall–Kier alpha value is -2.11. The summed E-state index contributed by atoms with van der Waals surface area (Å²) in [5.74, 6) is -0.319. The van der Waals surface area contributed by atoms with E-state index in [4.69, 9.17) is 32.7 Å². The van der Waals surface area contributed by atoms with Crippen LogP contribution in [0.3, 0.4) is 0 Å². The normalized spacial score (nSPS) is 12.9. The number of pyridine rings is 1. The Balaban J connectivity index is 2.04. The molecule has 7 heteroatoms. The highest BCUT2D eigenvalue weighted by Gasteiger charge is 2.30. The van der Waals surface area contributed by atoms with Crippen molar-refractivity contribution >= 4 is 29.2 Å². The Morgan fingerprint density at radius 3 is 2.45 bits per heavy atom. The second kappa shape index (κ2) is 11.2. The summed E-state index contributed by atoms with van der Waals surface area (Å²) in [6, 6.07) is 10.8. The van der Waals surface area contributed by atoms with Gasteiger partial charge in [-0.1, -0.05) is 56.1 Å². The number of allylic oxidation sites excluding steroid dienone is 1. The van der Waals surface area contributed by atoms with E-state index >= 15 is 0 Å². The van der Waals surface area contributed by atoms with E-state index in [1.165, 1.54) is 24.3 Å². The van der Waals surface area contributed by atoms with Gasteiger partial charge in [0.15, 0.2) is 0 Å². The van der Waals surface area contributed by atoms with Crippen molar-refractivity contribution in [3.63, 3.8) is 0 Å². The highest BCUT2D eigenvalue weighted by atomic mass is 35.5. The summed E-state index contributed by atoms with van der Waals surface area (Å²) < 4.78 is 24.3. The SMILES string of the molecule is CCC(C=C(Cl)Cl)C(C(=O)OCc1cccc(Oc2ccc(F)cc2)n1)C(C)C. The van der Waals surface area contributed by atoms with Crippen molar-refractivity contribution in [3.8, 4) is 11.6 Å². The number of carbonyl (C=O) groups is 1. The number of rotatable bonds is 9. The zero-order valence-electron chi connectivity index (χ0n) is 16.6. The number of benzene rings is 1. The van der Waals surface area contributed by atoms with Crippen LogP contribution in [-0.2, 0) is 16.1 Å². The quantitative estimate of drug-likeness (QED) is 0.409. The van der Waals surface area contributed by atoms with E-state index in [-0.39, 0.29) is 40.6 Å². The molecule has 0 amide bonds. The molecule has 0 saturated heterocycles. The molecule has 0 radical (unpaired) electrons. The molecule has 0 aliphatic rings. The first-order valence-corrected chi connectivity index (χ1v) is 10.1. The molecule has 1 aromatic heterocycles. The standard InChI is InChI=1S/C22H24Cl2FNO3/c1-4-15(12-19(23)24)21(14(2)3)22(27)28-13-17-6-5-7-20(26-17)29-18-10-8-16(25)9-11-18/h5-12,14-15,21H,4,13H2,1-3H3. The second-order valence-electron chi connectivity index (χ2n) is 6.93. The molecular formula is C22H24Cl2FNO3. The van der Waals surface area contributed by atoms with Gasteiger partial charge in [-0.05, 0) is 48.6 Å². The molecule has 0 N–H and O–H groups in total. The Labute approximate surface area is 180 Å². The van der Waals surface area contributed by atoms with Crippen LogP contribution in [0.25, 0.3) is 0 Å². The van der Waals surface area contributed by atoms with Gasteiger partial charge in [0.05, 0.1) is 11.6 Å². The number of carbonyl (C=O) groups excluding carboxylic acids is 1. The first-order valence-electron chi connectivity index (χ1n) is 9.39. The van der Waals surface area contributed by atoms with E-state index in [0.29, 0.717) is 23.7 Å². The Bertz CT molecular complexity index is 836. The van der Waals surface area contributed by atoms with Gasteiger partial charge in [0.1, 0.15) is 22.7 Å². The summed E-state index contributed by atoms with van der Waals surface area (Å²) in [5.41, 5.74) is 0.541. The highest BCUT2D eigenvalue weighted by molar-refractivity contribution is 6.55. The summed E-state index contributed by atoms with van der Waals surface area (Å²) in [6.07, 6.45) is 2.39. The van der Waals surface area contributed by atoms with Crippen LogP contribution >= 0.6 is 23.2 Å². The average molecular weight is 440 g/mol. The van der Waals surface area contributed by atoms with Crippen molar-refractivity contribution < 1.29 is 18.7 Å². The number of hydrogen-bond acceptors (Lipinski definition) is 4. The summed E-state index contributed by atoms with van der Waals surface area (Å²) in [5, 5.41) is 0. The maximum absolute atomic E-state index is 13.0. The van der Waals surface area contributed by atoms with Crippen LogP contribution in [-0.4, -0.2) is 11.0 Å². The maximum Gasteiger partial charge on any atom is 0.310 e. The van der Waals surface area contributed by atoms with Gasteiger partial charge in [-0.2, -0.15) is 0 Å². The molecule has 156 valence electrons. The van der Waals surface area contributed by atoms with Crippen molar-refractivity contribution in [1.82, 2.24) is 4.98 Å². The Morgan fingerprint density at radius 2 is 1.86 bits per heavy atom. The summed E-state index contributed by atoms with van der Waals surface area (Å²) in [7, 11) is 0. The van der Waals surface area contributed by atoms with E-state index in [1.54, 1.807) is 24.3 Å². The first kappa shape index (κ1) is 23.2. The maximum atomic E-state index is 13.0. The van der Waals surface area contributed by atoms with Crippen LogP contribution in [0.1, 0.15) is 32.9 Å². The third-order valence-electron chi connectivity index (χ3n) is 4.44. The molecule has 0 saturated carbocycles. The molecule has 1 heterocycles. The number of aromatic nitrogens is 1. The number of halogens is 3. The van der Waals surface area contributed by atoms with Crippen LogP contribution in [0, 0.1) is 23.6 Å². The topological polar surface area (TPSA) is 48.4 Å². The Morgan fingerprint density at radius 1 is 1.17 bits per heavy atom. The zero-order valence-corrected chi connectivity index (χ0v) is 18.1. The lowest BCUT2D eigenvalue weighted by atomic mass is 9.82. The van der Waals surface area contributed by atoms with Gasteiger partial charge in [0, 0.05) is 6.07 Å². The van der Waals surface area contributed by atoms with Gasteiger partial charge >= 0.3 is 5.97 Å². The van der Waals surface area contributed by atoms with E-state index in [0.717, 1.165) is 0 Å². The fraction of sp³-hybridized carbons (Fsp3) is 0.364. The van der Waals surface area contributed by atoms with Gasteiger partial charge in [-0.15, -0.1) is 0 Å². The molecule has 0 aliphatic heterocycles. The lowest BCUT2D eigenvalue weighted by Crippen LogP contribution is -2.29. The predicted octanol–water partition coefficient (Wildman–Crippen LogP) is 6.67. The molecule has 0 aliphatic carbocycles. The molecule has 0 bridgehead atoms. The smallest absolute Gasteiger partial charge is 0.310 e. The fourth-order valence-corrected chi connectivity index (χ4v) is 3.36. The van der Waals surface area contributed by atoms with Crippen molar-refractivity contribution in [3.05, 3.63) is 64.5 Å². The van der Waals surface area contributed by atoms with Gasteiger partial charge in [0.25, 0.3) is 0 Å². The summed E-state index contributed by atoms with van der Waals surface area (Å²) in [6.45, 7) is 5.90. The molecule has 2 unspecified atom stereocenters. The minimum absolute atomic E-state index is 0.0113. The molecule has 0 spiro atoms. The van der Waals surface area contributed by atoms with Gasteiger partial charge < -0.3 is 9.47 Å². The zero-order chi connectivity index (χ0) is 21.4. The van der Waals surface area contributed by atoms with Crippen LogP contribution in [0.2, 0.25) is 0 Å². The third kappa shape index (κ3) is 7.33. The van der Waals surface area contributed by atoms with Gasteiger partial charge in [0.2, 0.25) is 5.88 Å². The van der Waals surface area contributed by atoms with Gasteiger partial charge in [-0.3, -0.25) is 4.79 Å². The van der Waals surface area contributed by atoms with Crippen molar-refractivity contribution in [2.45, 2.75) is 33.8 Å². The Kier molecular flexibility index (Phi) is 8.93. The van der Waals surface area contributed by atoms with Crippen molar-refractivity contribution in [2.75, 3.05) is 0 Å². The van der Waals surface area contributed by atoms with E-state index < -0.39 is 0 Å². The highest BCUT2D eigenvalue weighted by Crippen LogP contribution is 2.29. The molecule has 2 aromatic rings. The van der Waals surface area contributed by atoms with Crippen LogP contribution < -0.4 is 4.74 Å². The summed E-state index contributed by atoms with van der Waals surface area (Å²) in [4.78, 5) is 17.0. The number of ether oxygens (including phenoxy) is 2. The molecule has 0 fully saturated rings. The van der Waals surface area contributed by atoms with Crippen LogP contribution in [0.15, 0.2) is 53.0 Å². The average Bonchev–Trinajstić information content (AvgIpc) is 2.67. The fourth-order valence-electron chi connectivity index (χ4n) is 3.04. The minimum Gasteiger partial charge on any atom is -0.459 e. The molecule has 1 aromatic carbocycles. The summed E-state index contributed by atoms with van der Waals surface area (Å²) >= 11 is 11.6. The van der Waals surface area contributed by atoms with Crippen molar-refractivity contribution in [2.24, 2.45) is 17.8 Å². The van der Waals surface area contributed by atoms with E-state index in [1.807, 2.05) is 20.8 Å². The van der Waals surface area contributed by atoms with Crippen LogP contribution in [0.5, 0.6) is 11.6 Å².